The fourth-order valence-corrected chi connectivity index (χ4v) is 11.3. The van der Waals surface area contributed by atoms with Crippen LogP contribution in [0.4, 0.5) is 27.8 Å². The Labute approximate surface area is 516 Å². The molecular weight excluding hydrogens is 1270 g/mol. The molecule has 2 unspecified atom stereocenters. The maximum Gasteiger partial charge on any atom is 0.339 e. The van der Waals surface area contributed by atoms with Gasteiger partial charge in [0.2, 0.25) is 34.8 Å². The summed E-state index contributed by atoms with van der Waals surface area (Å²) < 4.78 is 139. The number of fused-ring (bicyclic) bond motifs is 2. The van der Waals surface area contributed by atoms with Gasteiger partial charge in [-0.15, -0.1) is 0 Å². The van der Waals surface area contributed by atoms with E-state index in [0.717, 1.165) is 51.6 Å². The molecule has 454 valence electrons. The van der Waals surface area contributed by atoms with Crippen molar-refractivity contribution >= 4 is 90.6 Å². The van der Waals surface area contributed by atoms with Crippen molar-refractivity contribution in [1.82, 2.24) is 29.1 Å². The first kappa shape index (κ1) is 66.8. The highest BCUT2D eigenvalue weighted by atomic mass is 35.5. The molecule has 11 aromatic rings. The van der Waals surface area contributed by atoms with Crippen LogP contribution in [0.2, 0.25) is 10.0 Å². The molecule has 4 heterocycles. The van der Waals surface area contributed by atoms with E-state index in [9.17, 15) is 48.4 Å². The standard InChI is InChI=1S/C29H17ClF5NO5S.C28H22ClN3O4S.C4H5N3.2H3P/c1-14-11-15(3-7-19(14)30)16-4-8-21(22(13-16)40-2)36-20-9-6-18(12-17(20)5-10-23(36)37)42(38,39)41-29-27(34)25(32)24(31)26(33)28(29)35;1-18-13-19(3-7-24(18)29)20-4-8-26(27(15-20)36-2)32-25-9-6-23(14-21(25)5-10-28(32)33)37(34,35)16-22-11-12-30-17-31-22;5-4-1-2-6-3-7-4;;/h3-13H,1-2H3;3-15,17H,16H2,1-2H3;1-3H,(H2,5,6,7);2*1H3. The Hall–Kier alpha value is -8.69. The molecule has 0 fully saturated rings. The molecule has 0 spiro atoms. The van der Waals surface area contributed by atoms with Gasteiger partial charge in [-0.2, -0.15) is 37.0 Å². The van der Waals surface area contributed by atoms with E-state index in [1.807, 2.05) is 62.4 Å². The average Bonchev–Trinajstić information content (AvgIpc) is 1.16. The number of pyridine rings is 2. The van der Waals surface area contributed by atoms with Crippen LogP contribution in [0, 0.1) is 42.9 Å². The van der Waals surface area contributed by atoms with Crippen LogP contribution in [-0.4, -0.2) is 60.1 Å². The monoisotopic (exact) mass is 1320 g/mol. The van der Waals surface area contributed by atoms with Crippen LogP contribution < -0.4 is 30.5 Å². The molecule has 0 aliphatic rings. The molecule has 0 saturated heterocycles. The van der Waals surface area contributed by atoms with Gasteiger partial charge < -0.3 is 19.4 Å². The van der Waals surface area contributed by atoms with Crippen molar-refractivity contribution < 1.29 is 52.4 Å². The molecule has 0 aliphatic carbocycles. The number of anilines is 1. The Balaban J connectivity index is 0.000000222. The zero-order valence-corrected chi connectivity index (χ0v) is 52.7. The summed E-state index contributed by atoms with van der Waals surface area (Å²) >= 11 is 12.3. The van der Waals surface area contributed by atoms with Gasteiger partial charge in [0.15, 0.2) is 9.84 Å². The normalized spacial score (nSPS) is 11.1. The van der Waals surface area contributed by atoms with Gasteiger partial charge >= 0.3 is 10.1 Å². The summed E-state index contributed by atoms with van der Waals surface area (Å²) in [5, 5.41) is 2.05. The summed E-state index contributed by atoms with van der Waals surface area (Å²) in [5.74, 6) is -13.0. The SMILES string of the molecule is COc1cc(-c2ccc(Cl)c(C)c2)ccc1-n1c(=O)ccc2cc(S(=O)(=O)Cc3ccncn3)ccc21.COc1cc(-c2ccc(Cl)c(C)c2)ccc1-n1c(=O)ccc2cc(S(=O)(=O)Oc3c(F)c(F)c(F)c(F)c3F)ccc21.Nc1ccncn1.P.P. The van der Waals surface area contributed by atoms with Crippen LogP contribution in [0.5, 0.6) is 17.2 Å². The number of nitrogen functional groups attached to an aromatic ring is 1. The Morgan fingerprint density at radius 2 is 0.943 bits per heavy atom. The number of aromatic nitrogens is 6. The van der Waals surface area contributed by atoms with E-state index in [4.69, 9.17) is 38.4 Å². The number of sulfone groups is 1. The van der Waals surface area contributed by atoms with Crippen molar-refractivity contribution in [2.24, 2.45) is 0 Å². The fourth-order valence-electron chi connectivity index (χ4n) is 8.82. The number of methoxy groups -OCH3 is 2. The second kappa shape index (κ2) is 28.0. The van der Waals surface area contributed by atoms with Crippen molar-refractivity contribution in [2.75, 3.05) is 20.0 Å². The Bertz CT molecular complexity index is 4790. The molecule has 0 amide bonds. The predicted octanol–water partition coefficient (Wildman–Crippen LogP) is 12.7. The van der Waals surface area contributed by atoms with E-state index >= 15 is 0 Å². The first-order valence-electron chi connectivity index (χ1n) is 25.2. The van der Waals surface area contributed by atoms with Crippen molar-refractivity contribution in [3.8, 4) is 50.9 Å². The van der Waals surface area contributed by atoms with Crippen molar-refractivity contribution in [2.45, 2.75) is 29.4 Å². The molecule has 0 bridgehead atoms. The summed E-state index contributed by atoms with van der Waals surface area (Å²) in [7, 11) is -5.80. The van der Waals surface area contributed by atoms with E-state index in [-0.39, 0.29) is 46.9 Å². The van der Waals surface area contributed by atoms with Crippen LogP contribution in [0.3, 0.4) is 0 Å². The molecule has 0 aliphatic heterocycles. The average molecular weight is 1320 g/mol. The molecule has 27 heteroatoms. The zero-order valence-electron chi connectivity index (χ0n) is 46.7. The number of aryl methyl sites for hydroxylation is 2. The van der Waals surface area contributed by atoms with E-state index in [0.29, 0.717) is 55.3 Å². The number of benzene rings is 7. The third-order valence-electron chi connectivity index (χ3n) is 13.2. The van der Waals surface area contributed by atoms with Gasteiger partial charge in [-0.1, -0.05) is 47.5 Å². The highest BCUT2D eigenvalue weighted by molar-refractivity contribution is 7.90. The Kier molecular flexibility index (Phi) is 21.3. The van der Waals surface area contributed by atoms with Crippen molar-refractivity contribution in [3.63, 3.8) is 0 Å². The number of hydrogen-bond donors (Lipinski definition) is 1. The number of hydrogen-bond acceptors (Lipinski definition) is 14. The van der Waals surface area contributed by atoms with Gasteiger partial charge in [-0.25, -0.2) is 41.5 Å². The minimum Gasteiger partial charge on any atom is -0.495 e. The largest absolute Gasteiger partial charge is 0.495 e. The number of ether oxygens (including phenoxy) is 2. The lowest BCUT2D eigenvalue weighted by atomic mass is 10.0. The summed E-state index contributed by atoms with van der Waals surface area (Å²) in [6, 6.07) is 38.5. The van der Waals surface area contributed by atoms with Gasteiger partial charge in [0.25, 0.3) is 11.1 Å². The first-order chi connectivity index (χ1) is 41.0. The topological polar surface area (TPSA) is 218 Å². The molecule has 11 rings (SSSR count). The summed E-state index contributed by atoms with van der Waals surface area (Å²) in [5.41, 5.74) is 11.8. The van der Waals surface area contributed by atoms with Gasteiger partial charge in [-0.05, 0) is 156 Å². The van der Waals surface area contributed by atoms with Gasteiger partial charge in [0.05, 0.1) is 53.0 Å². The Morgan fingerprint density at radius 3 is 1.36 bits per heavy atom. The lowest BCUT2D eigenvalue weighted by Gasteiger charge is -2.16. The minimum atomic E-state index is -5.10. The maximum absolute atomic E-state index is 14.1. The fraction of sp³-hybridized carbons (Fsp3) is 0.0820. The number of halogens is 7. The molecule has 88 heavy (non-hydrogen) atoms. The van der Waals surface area contributed by atoms with Gasteiger partial charge in [-0.3, -0.25) is 18.7 Å². The van der Waals surface area contributed by atoms with Gasteiger partial charge in [0, 0.05) is 45.3 Å². The summed E-state index contributed by atoms with van der Waals surface area (Å²) in [4.78, 5) is 40.6. The van der Waals surface area contributed by atoms with E-state index in [1.165, 1.54) is 59.4 Å². The third kappa shape index (κ3) is 14.3. The quantitative estimate of drug-likeness (QED) is 0.0396. The molecule has 2 N–H and O–H groups in total. The lowest BCUT2D eigenvalue weighted by molar-refractivity contribution is 0.346. The maximum atomic E-state index is 14.1. The van der Waals surface area contributed by atoms with Crippen LogP contribution in [0.25, 0.3) is 55.4 Å². The second-order valence-electron chi connectivity index (χ2n) is 18.7. The molecule has 0 saturated carbocycles. The molecule has 0 radical (unpaired) electrons. The van der Waals surface area contributed by atoms with Crippen LogP contribution in [0.1, 0.15) is 16.8 Å². The molecule has 2 atom stereocenters. The van der Waals surface area contributed by atoms with Gasteiger partial charge in [0.1, 0.15) is 34.9 Å². The minimum absolute atomic E-state index is 0. The zero-order chi connectivity index (χ0) is 61.8. The first-order valence-corrected chi connectivity index (χ1v) is 29.0. The summed E-state index contributed by atoms with van der Waals surface area (Å²) in [6.07, 6.45) is 5.83. The number of nitrogens with zero attached hydrogens (tertiary/aromatic N) is 6. The molecule has 7 aromatic carbocycles. The lowest BCUT2D eigenvalue weighted by Crippen LogP contribution is -2.19. The van der Waals surface area contributed by atoms with E-state index < -0.39 is 65.2 Å². The Morgan fingerprint density at radius 1 is 0.511 bits per heavy atom. The van der Waals surface area contributed by atoms with E-state index in [2.05, 4.69) is 24.1 Å². The van der Waals surface area contributed by atoms with Crippen molar-refractivity contribution in [1.29, 1.82) is 0 Å². The smallest absolute Gasteiger partial charge is 0.339 e. The molecule has 16 nitrogen and oxygen atoms in total. The number of rotatable bonds is 12. The second-order valence-corrected chi connectivity index (χ2v) is 23.0. The van der Waals surface area contributed by atoms with Crippen LogP contribution in [0.15, 0.2) is 190 Å². The third-order valence-corrected chi connectivity index (χ3v) is 16.9. The molecular formula is C61H50Cl2F5N7O9P2S2. The van der Waals surface area contributed by atoms with Crippen LogP contribution >= 0.6 is 43.0 Å². The van der Waals surface area contributed by atoms with E-state index in [1.54, 1.807) is 67.9 Å². The summed E-state index contributed by atoms with van der Waals surface area (Å²) in [6.45, 7) is 3.80. The predicted molar refractivity (Wildman–Crippen MR) is 338 cm³/mol. The highest BCUT2D eigenvalue weighted by Crippen LogP contribution is 2.36. The highest BCUT2D eigenvalue weighted by Gasteiger charge is 2.31. The van der Waals surface area contributed by atoms with Crippen molar-refractivity contribution in [3.05, 3.63) is 247 Å². The molecule has 4 aromatic heterocycles. The number of nitrogens with two attached hydrogens (primary N) is 1. The van der Waals surface area contributed by atoms with Crippen LogP contribution in [-0.2, 0) is 25.7 Å².